The van der Waals surface area contributed by atoms with Crippen molar-refractivity contribution >= 4 is 47.4 Å². The average molecular weight is 2100 g/mol. The van der Waals surface area contributed by atoms with E-state index in [1.54, 1.807) is 6.08 Å². The number of hydrogen-bond acceptors (Lipinski definition) is 44. The maximum atomic E-state index is 14.7. The Kier molecular flexibility index (Phi) is 53.6. The summed E-state index contributed by atoms with van der Waals surface area (Å²) in [7, 11) is 0. The molecule has 7 heterocycles. The van der Waals surface area contributed by atoms with Crippen LogP contribution in [0, 0.1) is 0 Å². The molecule has 0 aliphatic carbocycles. The molecule has 40 atom stereocenters. The summed E-state index contributed by atoms with van der Waals surface area (Å²) < 4.78 is 84.0. The summed E-state index contributed by atoms with van der Waals surface area (Å²) in [6, 6.07) is -9.57. The Balaban J connectivity index is 1.25. The van der Waals surface area contributed by atoms with E-state index in [9.17, 15) is 166 Å². The van der Waals surface area contributed by atoms with Gasteiger partial charge in [0.2, 0.25) is 29.5 Å². The second kappa shape index (κ2) is 61.7. The predicted molar refractivity (Wildman–Crippen MR) is 492 cm³/mol. The van der Waals surface area contributed by atoms with Crippen LogP contribution < -0.4 is 26.6 Å². The highest BCUT2D eigenvalue weighted by atomic mass is 16.8. The Morgan fingerprint density at radius 1 is 0.372 bits per heavy atom. The van der Waals surface area contributed by atoms with Crippen LogP contribution >= 0.6 is 0 Å². The highest BCUT2D eigenvalue weighted by molar-refractivity contribution is 5.79. The third-order valence-electron chi connectivity index (χ3n) is 27.1. The number of aliphatic hydroxyl groups excluding tert-OH is 22. The Bertz CT molecular complexity index is 3880. The molecular formula is C93H161N5O47. The van der Waals surface area contributed by atoms with Gasteiger partial charge in [0.15, 0.2) is 25.2 Å². The minimum atomic E-state index is -3.82. The molecule has 0 aromatic carbocycles. The van der Waals surface area contributed by atoms with Gasteiger partial charge in [-0.1, -0.05) is 167 Å². The van der Waals surface area contributed by atoms with Crippen molar-refractivity contribution in [1.82, 2.24) is 26.6 Å². The first kappa shape index (κ1) is 126. The summed E-state index contributed by atoms with van der Waals surface area (Å²) in [6.45, 7) is -2.40. The summed E-state index contributed by atoms with van der Waals surface area (Å²) in [5.41, 5.74) is 0. The smallest absolute Gasteiger partial charge is 0.364 e. The van der Waals surface area contributed by atoms with Crippen molar-refractivity contribution in [2.75, 3.05) is 52.9 Å². The van der Waals surface area contributed by atoms with E-state index in [4.69, 9.17) is 66.3 Å². The number of amides is 5. The van der Waals surface area contributed by atoms with Crippen molar-refractivity contribution in [2.24, 2.45) is 0 Å². The van der Waals surface area contributed by atoms with Crippen LogP contribution in [0.4, 0.5) is 0 Å². The lowest BCUT2D eigenvalue weighted by molar-refractivity contribution is -0.404. The van der Waals surface area contributed by atoms with E-state index >= 15 is 0 Å². The van der Waals surface area contributed by atoms with Crippen molar-refractivity contribution in [3.05, 3.63) is 12.2 Å². The highest BCUT2D eigenvalue weighted by Gasteiger charge is 2.66. The van der Waals surface area contributed by atoms with E-state index in [1.165, 1.54) is 70.3 Å². The highest BCUT2D eigenvalue weighted by Crippen LogP contribution is 2.45. The number of unbranched alkanes of at least 4 members (excludes halogenated alkanes) is 23. The molecule has 5 amide bonds. The minimum Gasteiger partial charge on any atom is -0.477 e. The number of rotatable bonds is 64. The first-order valence-corrected chi connectivity index (χ1v) is 50.4. The van der Waals surface area contributed by atoms with Crippen molar-refractivity contribution in [3.63, 3.8) is 0 Å². The van der Waals surface area contributed by atoms with Crippen LogP contribution in [-0.4, -0.2) is 472 Å². The topological polar surface area (TPSA) is 832 Å². The monoisotopic (exact) mass is 2100 g/mol. The molecule has 7 fully saturated rings. The van der Waals surface area contributed by atoms with Gasteiger partial charge in [-0.25, -0.2) is 14.4 Å². The largest absolute Gasteiger partial charge is 0.477 e. The molecule has 14 unspecified atom stereocenters. The molecule has 7 aliphatic heterocycles. The molecule has 145 heavy (non-hydrogen) atoms. The fraction of sp³-hybridized carbons (Fsp3) is 0.892. The van der Waals surface area contributed by atoms with Gasteiger partial charge in [-0.3, -0.25) is 24.0 Å². The summed E-state index contributed by atoms with van der Waals surface area (Å²) in [5.74, 6) is -22.7. The zero-order valence-electron chi connectivity index (χ0n) is 82.8. The molecule has 0 aromatic heterocycles. The number of carbonyl (C=O) groups excluding carboxylic acids is 5. The molecule has 7 saturated heterocycles. The van der Waals surface area contributed by atoms with Gasteiger partial charge < -0.3 is 221 Å². The van der Waals surface area contributed by atoms with Gasteiger partial charge in [-0.05, 0) is 19.3 Å². The third kappa shape index (κ3) is 35.0. The summed E-state index contributed by atoms with van der Waals surface area (Å²) in [5, 5.41) is 298. The molecule has 0 aromatic rings. The number of nitrogens with one attached hydrogen (secondary N) is 5. The molecule has 0 saturated carbocycles. The molecule has 7 aliphatic rings. The molecule has 0 radical (unpaired) electrons. The predicted octanol–water partition coefficient (Wildman–Crippen LogP) is -7.48. The fourth-order valence-corrected chi connectivity index (χ4v) is 19.1. The molecule has 52 heteroatoms. The number of aliphatic hydroxyl groups is 22. The Labute approximate surface area is 839 Å². The van der Waals surface area contributed by atoms with Crippen molar-refractivity contribution in [1.29, 1.82) is 0 Å². The van der Waals surface area contributed by atoms with E-state index in [1.807, 2.05) is 0 Å². The standard InChI is InChI=1S/C93H161N5O47/c1-7-9-11-13-15-17-19-21-23-25-27-29-31-33-51(110)50(98-62(115)34-32-30-28-26-24-22-20-18-16-14-12-10-8-2)45-132-85-75(124)73(122)77(60(43-104)135-85)137-87-76(125)83(78(61(44-105)136-87)138-84-66(97-49(6)109)79(69(118)57(40-101)133-84)139-86-74(123)72(121)68(117)56(39-100)134-86)145-93(90(130)131)37-54(113)65(96-48(5)108)82(144-93)71(120)59(42-103)141-92(89(128)129)36-53(112)64(95-47(4)107)81(143-92)70(119)58(41-102)140-91(88(126)127)35-52(111)63(94-46(3)106)80(142-91)67(116)55(114)38-99/h31,33,50-61,63-87,99-105,110-114,116-125H,7-30,32,34-45H2,1-6H3,(H,94,106)(H,95,107)(H,96,108)(H,97,109)(H,98,115)(H,126,127)(H,128,129)(H,130,131)/b33-31+/t50-,51+,52?,53?,54?,55+,56?,57?,58+,59+,60?,61?,63+,64+,65+,66?,67+,68-,69-,70+,71+,72-,73+,74?,75?,76?,77+,78-,79+,80?,81?,82?,83+,84-,85+,86-,87-,91+,92+,93-/m0/s1. The third-order valence-corrected chi connectivity index (χ3v) is 27.1. The van der Waals surface area contributed by atoms with Crippen LogP contribution in [0.3, 0.4) is 0 Å². The van der Waals surface area contributed by atoms with Crippen LogP contribution in [-0.2, 0) is 105 Å². The number of carbonyl (C=O) groups is 8. The van der Waals surface area contributed by atoms with Crippen LogP contribution in [0.5, 0.6) is 0 Å². The van der Waals surface area contributed by atoms with Crippen molar-refractivity contribution in [3.8, 4) is 0 Å². The Hall–Kier alpha value is -5.94. The quantitative estimate of drug-likeness (QED) is 0.0199. The second-order valence-electron chi connectivity index (χ2n) is 38.5. The van der Waals surface area contributed by atoms with Gasteiger partial charge in [0.1, 0.15) is 153 Å². The number of allylic oxidation sites excluding steroid dienone is 1. The minimum absolute atomic E-state index is 0.0527. The van der Waals surface area contributed by atoms with Gasteiger partial charge in [0, 0.05) is 53.4 Å². The van der Waals surface area contributed by atoms with Crippen LogP contribution in [0.15, 0.2) is 12.2 Å². The average Bonchev–Trinajstić information content (AvgIpc) is 0.746. The SMILES string of the molecule is CCCCCCCCCCCCC/C=C/[C@@H](O)[C@H](CO[C@@H]1OC(CO)[C@@H](O[C@@H]2OC(CO)[C@H](O[C@@H]3OC(CO)[C@H](O)[C@H](O[C@@H]4OC(CO)[C@H](O)[C@H](O)C4O)C3NC(C)=O)[C@H](O[C@]3(C(=O)O)CC(O)[C@@H](NC(C)=O)C([C@H](O)[C@@H](CO)O[C@]4(C(=O)O)CC(O)[C@@H](NC(C)=O)C([C@H](O)[C@@H](CO)O[C@]5(C(=O)O)CC(O)[C@@H](NC(C)=O)C([C@H](O)[C@H](O)CO)O5)O4)O3)C2O)[C@H](O)C1O)NC(=O)CCCCCCCCCCCCCCC. The zero-order chi connectivity index (χ0) is 107. The van der Waals surface area contributed by atoms with Crippen LogP contribution in [0.1, 0.15) is 228 Å². The second-order valence-corrected chi connectivity index (χ2v) is 38.5. The number of carboxylic acid groups (broad SMARTS) is 3. The van der Waals surface area contributed by atoms with E-state index in [2.05, 4.69) is 40.4 Å². The van der Waals surface area contributed by atoms with Gasteiger partial charge in [-0.15, -0.1) is 0 Å². The molecule has 52 nitrogen and oxygen atoms in total. The summed E-state index contributed by atoms with van der Waals surface area (Å²) >= 11 is 0. The van der Waals surface area contributed by atoms with Gasteiger partial charge in [0.25, 0.3) is 17.4 Å². The van der Waals surface area contributed by atoms with E-state index in [-0.39, 0.29) is 6.42 Å². The van der Waals surface area contributed by atoms with Crippen LogP contribution in [0.2, 0.25) is 0 Å². The molecule has 30 N–H and O–H groups in total. The lowest BCUT2D eigenvalue weighted by Gasteiger charge is -2.53. The van der Waals surface area contributed by atoms with Crippen molar-refractivity contribution in [2.45, 2.75) is 471 Å². The Morgan fingerprint density at radius 2 is 0.731 bits per heavy atom. The number of carboxylic acids is 3. The van der Waals surface area contributed by atoms with E-state index in [0.717, 1.165) is 111 Å². The normalized spacial score (nSPS) is 35.8. The first-order valence-electron chi connectivity index (χ1n) is 50.4. The van der Waals surface area contributed by atoms with Gasteiger partial charge in [0.05, 0.1) is 101 Å². The molecular weight excluding hydrogens is 1940 g/mol. The number of hydrogen-bond donors (Lipinski definition) is 30. The lowest BCUT2D eigenvalue weighted by Crippen LogP contribution is -2.73. The van der Waals surface area contributed by atoms with Gasteiger partial charge in [-0.2, -0.15) is 0 Å². The van der Waals surface area contributed by atoms with Crippen LogP contribution in [0.25, 0.3) is 0 Å². The maximum absolute atomic E-state index is 14.7. The Morgan fingerprint density at radius 3 is 1.16 bits per heavy atom. The van der Waals surface area contributed by atoms with E-state index < -0.39 is 363 Å². The summed E-state index contributed by atoms with van der Waals surface area (Å²) in [6.07, 6.45) is -49.7. The maximum Gasteiger partial charge on any atom is 0.364 e. The van der Waals surface area contributed by atoms with E-state index in [0.29, 0.717) is 12.8 Å². The first-order chi connectivity index (χ1) is 68.9. The number of ether oxygens (including phenoxy) is 14. The number of aliphatic carboxylic acids is 3. The molecule has 840 valence electrons. The fourth-order valence-electron chi connectivity index (χ4n) is 19.1. The van der Waals surface area contributed by atoms with Crippen molar-refractivity contribution < 1.29 is 232 Å². The zero-order valence-corrected chi connectivity index (χ0v) is 82.8. The lowest BCUT2D eigenvalue weighted by atomic mass is 9.86. The summed E-state index contributed by atoms with van der Waals surface area (Å²) in [4.78, 5) is 108. The molecule has 0 spiro atoms. The molecule has 0 bridgehead atoms. The molecule has 7 rings (SSSR count). The van der Waals surface area contributed by atoms with Gasteiger partial charge >= 0.3 is 17.9 Å².